The summed E-state index contributed by atoms with van der Waals surface area (Å²) in [4.78, 5) is 29.6. The summed E-state index contributed by atoms with van der Waals surface area (Å²) < 4.78 is 149. The van der Waals surface area contributed by atoms with Crippen LogP contribution in [0, 0.1) is 10.5 Å². The largest absolute Gasteiger partial charge is 0.449 e. The van der Waals surface area contributed by atoms with E-state index < -0.39 is 81.8 Å². The third-order valence-electron chi connectivity index (χ3n) is 7.41. The second-order valence-corrected chi connectivity index (χ2v) is 13.9. The van der Waals surface area contributed by atoms with Gasteiger partial charge in [0.2, 0.25) is 5.82 Å². The van der Waals surface area contributed by atoms with Crippen molar-refractivity contribution in [3.63, 3.8) is 0 Å². The van der Waals surface area contributed by atoms with E-state index in [1.165, 1.54) is 37.4 Å². The standard InChI is InChI=1S/C31H25F10IN4O3S/c1-15-11-17(7-9-21(15)44-25(47)19-5-4-6-20(42)24(19)26(48)43-16(2)14-50(3)49)13-46-23-10-8-18(12-22(23)45-27(46)29(33,34)35)28(32,30(36,37)38)31(39,40)41/h4-12,16H,13-14H2,1-3H3,(H,43,48)(H,44,47)/t16-,50?/m0/s1. The number of alkyl halides is 10. The normalized spacial score (nSPS) is 14.0. The van der Waals surface area contributed by atoms with Crippen LogP contribution in [0.5, 0.6) is 0 Å². The highest BCUT2D eigenvalue weighted by Crippen LogP contribution is 2.53. The molecule has 4 rings (SSSR count). The Morgan fingerprint density at radius 2 is 1.56 bits per heavy atom. The van der Waals surface area contributed by atoms with Crippen LogP contribution in [-0.2, 0) is 29.2 Å². The van der Waals surface area contributed by atoms with Gasteiger partial charge in [0.1, 0.15) is 0 Å². The van der Waals surface area contributed by atoms with Crippen LogP contribution in [0.4, 0.5) is 49.6 Å². The lowest BCUT2D eigenvalue weighted by Gasteiger charge is -2.30. The number of nitrogens with one attached hydrogen (secondary N) is 2. The minimum atomic E-state index is -6.48. The van der Waals surface area contributed by atoms with Gasteiger partial charge in [0, 0.05) is 50.2 Å². The summed E-state index contributed by atoms with van der Waals surface area (Å²) in [5.74, 6) is -2.77. The Kier molecular flexibility index (Phi) is 11.0. The van der Waals surface area contributed by atoms with Crippen molar-refractivity contribution in [2.24, 2.45) is 0 Å². The fourth-order valence-corrected chi connectivity index (χ4v) is 6.71. The topological polar surface area (TPSA) is 93.1 Å². The molecule has 2 atom stereocenters. The Balaban J connectivity index is 1.66. The van der Waals surface area contributed by atoms with Crippen LogP contribution in [0.25, 0.3) is 11.0 Å². The molecular weight excluding hydrogens is 825 g/mol. The van der Waals surface area contributed by atoms with Gasteiger partial charge < -0.3 is 15.2 Å². The Morgan fingerprint density at radius 3 is 2.12 bits per heavy atom. The molecule has 3 aromatic carbocycles. The molecule has 1 heterocycles. The zero-order valence-corrected chi connectivity index (χ0v) is 28.8. The summed E-state index contributed by atoms with van der Waals surface area (Å²) in [6.45, 7) is 2.53. The van der Waals surface area contributed by atoms with E-state index in [2.05, 4.69) is 15.6 Å². The number of carbonyl (C=O) groups excluding carboxylic acids is 2. The first-order valence-electron chi connectivity index (χ1n) is 14.2. The quantitative estimate of drug-likeness (QED) is 0.132. The Bertz CT molecular complexity index is 1960. The van der Waals surface area contributed by atoms with Gasteiger partial charge in [-0.3, -0.25) is 13.8 Å². The number of rotatable bonds is 9. The van der Waals surface area contributed by atoms with E-state index in [-0.39, 0.29) is 40.3 Å². The molecule has 4 aromatic rings. The summed E-state index contributed by atoms with van der Waals surface area (Å²) in [5, 5.41) is 5.34. The van der Waals surface area contributed by atoms with Crippen molar-refractivity contribution >= 4 is 61.9 Å². The molecule has 0 saturated carbocycles. The van der Waals surface area contributed by atoms with Gasteiger partial charge in [-0.25, -0.2) is 9.37 Å². The van der Waals surface area contributed by atoms with Gasteiger partial charge >= 0.3 is 24.2 Å². The SMILES string of the molecule is Cc1cc(Cn2c(C(F)(F)F)nc3cc(C(F)(C(F)(F)F)C(F)(F)F)ccc32)ccc1NC(=O)c1cccc(I)c1C(=O)N[C@@H](C)CS(C)=O. The number of imidazole rings is 1. The number of amides is 2. The fourth-order valence-electron chi connectivity index (χ4n) is 5.18. The lowest BCUT2D eigenvalue weighted by molar-refractivity contribution is -0.348. The highest BCUT2D eigenvalue weighted by atomic mass is 127. The lowest BCUT2D eigenvalue weighted by Crippen LogP contribution is -2.50. The Hall–Kier alpha value is -3.75. The third-order valence-corrected chi connectivity index (χ3v) is 9.28. The number of nitrogens with zero attached hydrogens (tertiary/aromatic N) is 2. The number of hydrogen-bond acceptors (Lipinski definition) is 4. The lowest BCUT2D eigenvalue weighted by atomic mass is 9.94. The molecule has 0 aliphatic rings. The molecule has 7 nitrogen and oxygen atoms in total. The molecular formula is C31H25F10IN4O3S. The smallest absolute Gasteiger partial charge is 0.349 e. The van der Waals surface area contributed by atoms with Crippen molar-refractivity contribution in [1.29, 1.82) is 0 Å². The van der Waals surface area contributed by atoms with Crippen LogP contribution in [-0.4, -0.2) is 56.0 Å². The predicted molar refractivity (Wildman–Crippen MR) is 173 cm³/mol. The number of aryl methyl sites for hydroxylation is 1. The molecule has 0 saturated heterocycles. The van der Waals surface area contributed by atoms with Gasteiger partial charge in [0.05, 0.1) is 22.2 Å². The molecule has 0 radical (unpaired) electrons. The van der Waals surface area contributed by atoms with E-state index in [0.717, 1.165) is 0 Å². The second kappa shape index (κ2) is 14.1. The molecule has 2 N–H and O–H groups in total. The molecule has 0 bridgehead atoms. The number of anilines is 1. The van der Waals surface area contributed by atoms with Crippen LogP contribution in [0.15, 0.2) is 54.6 Å². The van der Waals surface area contributed by atoms with Crippen LogP contribution in [0.3, 0.4) is 0 Å². The van der Waals surface area contributed by atoms with Crippen LogP contribution in [0.1, 0.15) is 50.2 Å². The van der Waals surface area contributed by atoms with E-state index in [1.54, 1.807) is 19.1 Å². The van der Waals surface area contributed by atoms with Crippen LogP contribution >= 0.6 is 22.6 Å². The number of halogens is 11. The first kappa shape index (κ1) is 39.0. The molecule has 0 spiro atoms. The zero-order chi connectivity index (χ0) is 37.6. The predicted octanol–water partition coefficient (Wildman–Crippen LogP) is 8.05. The van der Waals surface area contributed by atoms with Crippen molar-refractivity contribution in [1.82, 2.24) is 14.9 Å². The van der Waals surface area contributed by atoms with E-state index in [0.29, 0.717) is 19.8 Å². The van der Waals surface area contributed by atoms with E-state index in [1.807, 2.05) is 22.6 Å². The van der Waals surface area contributed by atoms with Crippen molar-refractivity contribution < 1.29 is 57.7 Å². The van der Waals surface area contributed by atoms with Gasteiger partial charge in [-0.15, -0.1) is 0 Å². The maximum atomic E-state index is 14.6. The highest BCUT2D eigenvalue weighted by molar-refractivity contribution is 14.1. The van der Waals surface area contributed by atoms with Crippen molar-refractivity contribution in [3.05, 3.63) is 91.8 Å². The van der Waals surface area contributed by atoms with E-state index >= 15 is 0 Å². The Labute approximate surface area is 293 Å². The van der Waals surface area contributed by atoms with Gasteiger partial charge in [-0.2, -0.15) is 39.5 Å². The third kappa shape index (κ3) is 7.92. The van der Waals surface area contributed by atoms with E-state index in [4.69, 9.17) is 0 Å². The van der Waals surface area contributed by atoms with Gasteiger partial charge in [-0.1, -0.05) is 24.3 Å². The summed E-state index contributed by atoms with van der Waals surface area (Å²) in [7, 11) is -1.20. The molecule has 0 aliphatic carbocycles. The molecule has 0 fully saturated rings. The highest BCUT2D eigenvalue weighted by Gasteiger charge is 2.73. The average molecular weight is 851 g/mol. The molecule has 50 heavy (non-hydrogen) atoms. The van der Waals surface area contributed by atoms with Crippen LogP contribution in [0.2, 0.25) is 0 Å². The van der Waals surface area contributed by atoms with Crippen molar-refractivity contribution in [2.45, 2.75) is 50.6 Å². The molecule has 1 unspecified atom stereocenters. The zero-order valence-electron chi connectivity index (χ0n) is 25.9. The molecule has 0 aliphatic heterocycles. The van der Waals surface area contributed by atoms with Gasteiger partial charge in [0.15, 0.2) is 0 Å². The Morgan fingerprint density at radius 1 is 0.920 bits per heavy atom. The number of aromatic nitrogens is 2. The number of carbonyl (C=O) groups is 2. The van der Waals surface area contributed by atoms with Crippen molar-refractivity contribution in [2.75, 3.05) is 17.3 Å². The van der Waals surface area contributed by atoms with Gasteiger partial charge in [0.25, 0.3) is 11.8 Å². The molecule has 2 amide bonds. The van der Waals surface area contributed by atoms with Crippen molar-refractivity contribution in [3.8, 4) is 0 Å². The maximum Gasteiger partial charge on any atom is 0.449 e. The fraction of sp³-hybridized carbons (Fsp3) is 0.323. The summed E-state index contributed by atoms with van der Waals surface area (Å²) in [6.07, 6.45) is -16.7. The maximum absolute atomic E-state index is 14.6. The molecule has 1 aromatic heterocycles. The minimum absolute atomic E-state index is 0.00452. The molecule has 19 heteroatoms. The summed E-state index contributed by atoms with van der Waals surface area (Å²) >= 11 is 1.88. The number of hydrogen-bond donors (Lipinski definition) is 2. The molecule has 270 valence electrons. The minimum Gasteiger partial charge on any atom is -0.349 e. The van der Waals surface area contributed by atoms with Gasteiger partial charge in [-0.05, 0) is 77.9 Å². The average Bonchev–Trinajstić information content (AvgIpc) is 3.34. The first-order chi connectivity index (χ1) is 23.0. The number of benzene rings is 3. The van der Waals surface area contributed by atoms with Crippen LogP contribution < -0.4 is 10.6 Å². The summed E-state index contributed by atoms with van der Waals surface area (Å²) in [6, 6.07) is 8.72. The first-order valence-corrected chi connectivity index (χ1v) is 17.0. The monoisotopic (exact) mass is 850 g/mol. The van der Waals surface area contributed by atoms with E-state index in [9.17, 15) is 57.7 Å². The summed E-state index contributed by atoms with van der Waals surface area (Å²) in [5.41, 5.74) is -8.58. The second-order valence-electron chi connectivity index (χ2n) is 11.3. The number of fused-ring (bicyclic) bond motifs is 1.